The number of morpholine rings is 1. The van der Waals surface area contributed by atoms with E-state index in [2.05, 4.69) is 59.2 Å². The van der Waals surface area contributed by atoms with Gasteiger partial charge in [-0.1, -0.05) is 0 Å². The molecule has 3 heterocycles. The maximum Gasteiger partial charge on any atom is 0.111 e. The number of likely N-dealkylation sites (N-methyl/N-ethyl adjacent to an activating group) is 2. The highest BCUT2D eigenvalue weighted by atomic mass is 16.5. The van der Waals surface area contributed by atoms with Crippen molar-refractivity contribution in [3.05, 3.63) is 24.0 Å². The zero-order chi connectivity index (χ0) is 14.1. The fourth-order valence-corrected chi connectivity index (χ4v) is 3.34. The second kappa shape index (κ2) is 5.85. The van der Waals surface area contributed by atoms with Crippen LogP contribution in [0.25, 0.3) is 0 Å². The molecule has 5 heteroatoms. The third kappa shape index (κ3) is 2.91. The van der Waals surface area contributed by atoms with E-state index in [1.54, 1.807) is 0 Å². The third-order valence-corrected chi connectivity index (χ3v) is 4.48. The lowest BCUT2D eigenvalue weighted by Crippen LogP contribution is -2.59. The Morgan fingerprint density at radius 2 is 2.00 bits per heavy atom. The zero-order valence-corrected chi connectivity index (χ0v) is 12.7. The highest BCUT2D eigenvalue weighted by molar-refractivity contribution is 5.11. The molecule has 20 heavy (non-hydrogen) atoms. The number of rotatable bonds is 2. The molecular formula is C15H26N4O. The standard InChI is InChI=1S/C15H26N4O/c1-17-8-6-16-12(9-17)14-10-18(2)11-15(20-14)13-5-4-7-19(13)3/h4-5,7,12,14-16H,6,8-11H2,1-3H3. The molecule has 1 N–H and O–H groups in total. The van der Waals surface area contributed by atoms with Crippen LogP contribution in [-0.2, 0) is 11.8 Å². The molecule has 0 bridgehead atoms. The van der Waals surface area contributed by atoms with Crippen molar-refractivity contribution < 1.29 is 4.74 Å². The van der Waals surface area contributed by atoms with Gasteiger partial charge in [0.05, 0.1) is 6.10 Å². The number of hydrogen-bond donors (Lipinski definition) is 1. The highest BCUT2D eigenvalue weighted by Gasteiger charge is 2.34. The maximum absolute atomic E-state index is 6.42. The Morgan fingerprint density at radius 3 is 2.70 bits per heavy atom. The van der Waals surface area contributed by atoms with E-state index < -0.39 is 0 Å². The van der Waals surface area contributed by atoms with Crippen molar-refractivity contribution in [3.8, 4) is 0 Å². The van der Waals surface area contributed by atoms with E-state index in [9.17, 15) is 0 Å². The van der Waals surface area contributed by atoms with Crippen molar-refractivity contribution in [2.75, 3.05) is 46.8 Å². The van der Waals surface area contributed by atoms with E-state index >= 15 is 0 Å². The summed E-state index contributed by atoms with van der Waals surface area (Å²) < 4.78 is 8.59. The molecule has 1 aromatic rings. The van der Waals surface area contributed by atoms with Crippen LogP contribution in [0.1, 0.15) is 11.8 Å². The summed E-state index contributed by atoms with van der Waals surface area (Å²) in [4.78, 5) is 4.78. The third-order valence-electron chi connectivity index (χ3n) is 4.48. The average molecular weight is 278 g/mol. The summed E-state index contributed by atoms with van der Waals surface area (Å²) in [6, 6.07) is 4.69. The highest BCUT2D eigenvalue weighted by Crippen LogP contribution is 2.26. The zero-order valence-electron chi connectivity index (χ0n) is 12.7. The minimum absolute atomic E-state index is 0.174. The van der Waals surface area contributed by atoms with Gasteiger partial charge >= 0.3 is 0 Å². The second-order valence-electron chi connectivity index (χ2n) is 6.25. The molecule has 112 valence electrons. The quantitative estimate of drug-likeness (QED) is 0.843. The molecule has 0 amide bonds. The van der Waals surface area contributed by atoms with Crippen molar-refractivity contribution in [1.82, 2.24) is 19.7 Å². The van der Waals surface area contributed by atoms with Gasteiger partial charge in [0.1, 0.15) is 6.10 Å². The van der Waals surface area contributed by atoms with Crippen molar-refractivity contribution in [1.29, 1.82) is 0 Å². The summed E-state index contributed by atoms with van der Waals surface area (Å²) in [6.45, 7) is 5.22. The van der Waals surface area contributed by atoms with Crippen LogP contribution in [0.2, 0.25) is 0 Å². The van der Waals surface area contributed by atoms with Gasteiger partial charge in [0.25, 0.3) is 0 Å². The monoisotopic (exact) mass is 278 g/mol. The van der Waals surface area contributed by atoms with Crippen LogP contribution in [0.4, 0.5) is 0 Å². The molecule has 5 nitrogen and oxygen atoms in total. The van der Waals surface area contributed by atoms with Gasteiger partial charge in [0, 0.05) is 57.7 Å². The Kier molecular flexibility index (Phi) is 4.12. The minimum Gasteiger partial charge on any atom is -0.364 e. The van der Waals surface area contributed by atoms with Crippen LogP contribution in [0, 0.1) is 0 Å². The first-order valence-electron chi connectivity index (χ1n) is 7.50. The molecule has 2 saturated heterocycles. The number of aromatic nitrogens is 1. The van der Waals surface area contributed by atoms with Gasteiger partial charge in [-0.2, -0.15) is 0 Å². The molecule has 0 spiro atoms. The Balaban J connectivity index is 1.71. The van der Waals surface area contributed by atoms with Crippen molar-refractivity contribution >= 4 is 0 Å². The van der Waals surface area contributed by atoms with Gasteiger partial charge in [-0.25, -0.2) is 0 Å². The van der Waals surface area contributed by atoms with Gasteiger partial charge in [0.2, 0.25) is 0 Å². The first-order chi connectivity index (χ1) is 9.63. The summed E-state index contributed by atoms with van der Waals surface area (Å²) in [7, 11) is 6.47. The number of nitrogens with one attached hydrogen (secondary N) is 1. The van der Waals surface area contributed by atoms with Crippen LogP contribution in [0.15, 0.2) is 18.3 Å². The minimum atomic E-state index is 0.174. The largest absolute Gasteiger partial charge is 0.364 e. The molecule has 1 aromatic heterocycles. The molecule has 2 fully saturated rings. The first kappa shape index (κ1) is 14.1. The van der Waals surface area contributed by atoms with E-state index in [0.29, 0.717) is 6.04 Å². The van der Waals surface area contributed by atoms with Gasteiger partial charge in [-0.05, 0) is 26.2 Å². The Hall–Kier alpha value is -0.880. The van der Waals surface area contributed by atoms with Crippen LogP contribution in [0.5, 0.6) is 0 Å². The molecule has 2 aliphatic heterocycles. The van der Waals surface area contributed by atoms with Gasteiger partial charge in [-0.3, -0.25) is 0 Å². The normalized spacial score (nSPS) is 33.5. The van der Waals surface area contributed by atoms with Crippen molar-refractivity contribution in [2.24, 2.45) is 7.05 Å². The maximum atomic E-state index is 6.42. The summed E-state index contributed by atoms with van der Waals surface area (Å²) in [6.07, 6.45) is 2.53. The van der Waals surface area contributed by atoms with E-state index in [-0.39, 0.29) is 12.2 Å². The van der Waals surface area contributed by atoms with Crippen LogP contribution in [-0.4, -0.2) is 73.3 Å². The smallest absolute Gasteiger partial charge is 0.111 e. The predicted octanol–water partition coefficient (Wildman–Crippen LogP) is 0.300. The fraction of sp³-hybridized carbons (Fsp3) is 0.733. The van der Waals surface area contributed by atoms with Crippen LogP contribution < -0.4 is 5.32 Å². The lowest BCUT2D eigenvalue weighted by atomic mass is 10.0. The topological polar surface area (TPSA) is 32.7 Å². The molecule has 0 aromatic carbocycles. The van der Waals surface area contributed by atoms with Crippen LogP contribution >= 0.6 is 0 Å². The average Bonchev–Trinajstić information content (AvgIpc) is 2.84. The summed E-state index contributed by atoms with van der Waals surface area (Å²) >= 11 is 0. The fourth-order valence-electron chi connectivity index (χ4n) is 3.34. The van der Waals surface area contributed by atoms with E-state index in [1.807, 2.05) is 0 Å². The van der Waals surface area contributed by atoms with Gasteiger partial charge < -0.3 is 24.4 Å². The summed E-state index contributed by atoms with van der Waals surface area (Å²) in [5, 5.41) is 3.62. The molecule has 3 rings (SSSR count). The molecule has 0 saturated carbocycles. The lowest BCUT2D eigenvalue weighted by Gasteiger charge is -2.43. The summed E-state index contributed by atoms with van der Waals surface area (Å²) in [5.41, 5.74) is 1.27. The molecule has 0 radical (unpaired) electrons. The summed E-state index contributed by atoms with van der Waals surface area (Å²) in [5.74, 6) is 0. The van der Waals surface area contributed by atoms with E-state index in [1.165, 1.54) is 5.69 Å². The van der Waals surface area contributed by atoms with Crippen molar-refractivity contribution in [2.45, 2.75) is 18.2 Å². The molecule has 3 unspecified atom stereocenters. The number of nitrogens with zero attached hydrogens (tertiary/aromatic N) is 3. The second-order valence-corrected chi connectivity index (χ2v) is 6.25. The molecule has 2 aliphatic rings. The SMILES string of the molecule is CN1CCNC(C2CN(C)CC(c3cccn3C)O2)C1. The predicted molar refractivity (Wildman–Crippen MR) is 79.8 cm³/mol. The molecular weight excluding hydrogens is 252 g/mol. The molecule has 0 aliphatic carbocycles. The number of aryl methyl sites for hydroxylation is 1. The lowest BCUT2D eigenvalue weighted by molar-refractivity contribution is -0.103. The Labute approximate surface area is 121 Å². The van der Waals surface area contributed by atoms with Crippen LogP contribution in [0.3, 0.4) is 0 Å². The van der Waals surface area contributed by atoms with Gasteiger partial charge in [-0.15, -0.1) is 0 Å². The number of hydrogen-bond acceptors (Lipinski definition) is 4. The van der Waals surface area contributed by atoms with Gasteiger partial charge in [0.15, 0.2) is 0 Å². The first-order valence-corrected chi connectivity index (χ1v) is 7.50. The van der Waals surface area contributed by atoms with Crippen molar-refractivity contribution in [3.63, 3.8) is 0 Å². The molecule has 3 atom stereocenters. The number of ether oxygens (including phenoxy) is 1. The van der Waals surface area contributed by atoms with E-state index in [0.717, 1.165) is 32.7 Å². The Bertz CT molecular complexity index is 447. The Morgan fingerprint density at radius 1 is 1.15 bits per heavy atom. The van der Waals surface area contributed by atoms with E-state index in [4.69, 9.17) is 4.74 Å². The number of piperazine rings is 1.